The molecule has 0 aromatic heterocycles. The van der Waals surface area contributed by atoms with Crippen LogP contribution in [-0.4, -0.2) is 37.2 Å². The molecule has 0 aromatic carbocycles. The minimum Gasteiger partial charge on any atom is -0.462 e. The Kier molecular flexibility index (Phi) is 63.6. The van der Waals surface area contributed by atoms with E-state index in [2.05, 4.69) is 69.4 Å². The highest BCUT2D eigenvalue weighted by Gasteiger charge is 2.19. The van der Waals surface area contributed by atoms with Crippen molar-refractivity contribution in [2.45, 2.75) is 374 Å². The molecule has 0 heterocycles. The molecule has 0 aliphatic heterocycles. The molecule has 0 aromatic rings. The van der Waals surface area contributed by atoms with Crippen molar-refractivity contribution >= 4 is 17.9 Å². The number of esters is 3. The zero-order chi connectivity index (χ0) is 55.7. The lowest BCUT2D eigenvalue weighted by Gasteiger charge is -2.18. The molecule has 0 fully saturated rings. The van der Waals surface area contributed by atoms with Crippen molar-refractivity contribution < 1.29 is 28.6 Å². The molecule has 0 aliphatic carbocycles. The molecule has 1 atom stereocenters. The number of allylic oxidation sites excluding steroid dienone is 8. The van der Waals surface area contributed by atoms with Crippen molar-refractivity contribution in [3.63, 3.8) is 0 Å². The van der Waals surface area contributed by atoms with Crippen LogP contribution in [0.4, 0.5) is 0 Å². The third-order valence-electron chi connectivity index (χ3n) is 15.3. The molecule has 0 saturated heterocycles. The SMILES string of the molecule is CCCCCCC/C=C\C/C=C\CCCCCCCCCCCCCCCC(=O)OCC(COC(=O)CCCCCCC/C=C\CCCCCCCC)OC(=O)CCCCCCCCCCC/C=C\CCCCCCCC. The van der Waals surface area contributed by atoms with Gasteiger partial charge in [-0.2, -0.15) is 0 Å². The predicted octanol–water partition coefficient (Wildman–Crippen LogP) is 23.3. The minimum atomic E-state index is -0.778. The first kappa shape index (κ1) is 74.4. The Labute approximate surface area is 479 Å². The van der Waals surface area contributed by atoms with Gasteiger partial charge in [0.25, 0.3) is 0 Å². The van der Waals surface area contributed by atoms with Gasteiger partial charge in [-0.25, -0.2) is 0 Å². The fourth-order valence-corrected chi connectivity index (χ4v) is 10.1. The molecule has 0 bridgehead atoms. The average molecular weight is 1080 g/mol. The number of rotatable bonds is 63. The fourth-order valence-electron chi connectivity index (χ4n) is 10.1. The highest BCUT2D eigenvalue weighted by atomic mass is 16.6. The summed E-state index contributed by atoms with van der Waals surface area (Å²) in [5.41, 5.74) is 0. The van der Waals surface area contributed by atoms with Gasteiger partial charge in [0.1, 0.15) is 13.2 Å². The van der Waals surface area contributed by atoms with E-state index >= 15 is 0 Å². The number of carbonyl (C=O) groups is 3. The monoisotopic (exact) mass is 1080 g/mol. The Hall–Kier alpha value is -2.63. The largest absolute Gasteiger partial charge is 0.462 e. The molecular formula is C71H130O6. The summed E-state index contributed by atoms with van der Waals surface area (Å²) in [6, 6.07) is 0. The summed E-state index contributed by atoms with van der Waals surface area (Å²) in [6.45, 7) is 6.67. The molecule has 0 rings (SSSR count). The van der Waals surface area contributed by atoms with Gasteiger partial charge in [0.15, 0.2) is 6.10 Å². The van der Waals surface area contributed by atoms with Crippen LogP contribution in [0.2, 0.25) is 0 Å². The molecular weight excluding hydrogens is 949 g/mol. The quantitative estimate of drug-likeness (QED) is 0.0261. The van der Waals surface area contributed by atoms with Gasteiger partial charge in [-0.3, -0.25) is 14.4 Å². The number of hydrogen-bond acceptors (Lipinski definition) is 6. The van der Waals surface area contributed by atoms with E-state index in [1.807, 2.05) is 0 Å². The van der Waals surface area contributed by atoms with Gasteiger partial charge in [0.2, 0.25) is 0 Å². The van der Waals surface area contributed by atoms with E-state index in [1.165, 1.54) is 257 Å². The zero-order valence-corrected chi connectivity index (χ0v) is 51.7. The van der Waals surface area contributed by atoms with Crippen molar-refractivity contribution in [3.05, 3.63) is 48.6 Å². The summed E-state index contributed by atoms with van der Waals surface area (Å²) in [4.78, 5) is 38.4. The van der Waals surface area contributed by atoms with Crippen molar-refractivity contribution in [1.82, 2.24) is 0 Å². The van der Waals surface area contributed by atoms with E-state index in [1.54, 1.807) is 0 Å². The minimum absolute atomic E-state index is 0.0739. The summed E-state index contributed by atoms with van der Waals surface area (Å²) in [5.74, 6) is -0.862. The summed E-state index contributed by atoms with van der Waals surface area (Å²) >= 11 is 0. The Morgan fingerprint density at radius 3 is 0.727 bits per heavy atom. The maximum atomic E-state index is 12.9. The van der Waals surface area contributed by atoms with Gasteiger partial charge in [-0.15, -0.1) is 0 Å². The third-order valence-corrected chi connectivity index (χ3v) is 15.3. The normalized spacial score (nSPS) is 12.3. The Bertz CT molecular complexity index is 1330. The second-order valence-corrected chi connectivity index (χ2v) is 23.1. The van der Waals surface area contributed by atoms with Crippen LogP contribution in [0.25, 0.3) is 0 Å². The molecule has 0 radical (unpaired) electrons. The van der Waals surface area contributed by atoms with Crippen molar-refractivity contribution in [3.8, 4) is 0 Å². The van der Waals surface area contributed by atoms with Gasteiger partial charge in [0, 0.05) is 19.3 Å². The lowest BCUT2D eigenvalue weighted by atomic mass is 10.0. The predicted molar refractivity (Wildman–Crippen MR) is 335 cm³/mol. The Morgan fingerprint density at radius 1 is 0.260 bits per heavy atom. The van der Waals surface area contributed by atoms with Crippen LogP contribution in [0.1, 0.15) is 367 Å². The van der Waals surface area contributed by atoms with Gasteiger partial charge in [-0.1, -0.05) is 294 Å². The molecule has 0 saturated carbocycles. The van der Waals surface area contributed by atoms with Crippen LogP contribution < -0.4 is 0 Å². The zero-order valence-electron chi connectivity index (χ0n) is 51.7. The lowest BCUT2D eigenvalue weighted by molar-refractivity contribution is -0.167. The second-order valence-electron chi connectivity index (χ2n) is 23.1. The van der Waals surface area contributed by atoms with E-state index in [-0.39, 0.29) is 31.1 Å². The highest BCUT2D eigenvalue weighted by molar-refractivity contribution is 5.71. The molecule has 0 N–H and O–H groups in total. The number of unbranched alkanes of at least 4 members (excludes halogenated alkanes) is 44. The van der Waals surface area contributed by atoms with E-state index in [0.717, 1.165) is 70.6 Å². The van der Waals surface area contributed by atoms with E-state index < -0.39 is 6.10 Å². The van der Waals surface area contributed by atoms with E-state index in [0.29, 0.717) is 19.3 Å². The summed E-state index contributed by atoms with van der Waals surface area (Å²) in [7, 11) is 0. The first-order chi connectivity index (χ1) is 38.0. The number of ether oxygens (including phenoxy) is 3. The molecule has 1 unspecified atom stereocenters. The first-order valence-corrected chi connectivity index (χ1v) is 34.1. The molecule has 0 aliphatic rings. The molecule has 6 heteroatoms. The van der Waals surface area contributed by atoms with Crippen LogP contribution in [0.3, 0.4) is 0 Å². The molecule has 0 spiro atoms. The highest BCUT2D eigenvalue weighted by Crippen LogP contribution is 2.17. The van der Waals surface area contributed by atoms with Crippen LogP contribution in [0.5, 0.6) is 0 Å². The molecule has 6 nitrogen and oxygen atoms in total. The average Bonchev–Trinajstić information content (AvgIpc) is 3.43. The van der Waals surface area contributed by atoms with Crippen LogP contribution in [-0.2, 0) is 28.6 Å². The van der Waals surface area contributed by atoms with Crippen LogP contribution in [0, 0.1) is 0 Å². The summed E-state index contributed by atoms with van der Waals surface area (Å²) in [5, 5.41) is 0. The van der Waals surface area contributed by atoms with Gasteiger partial charge >= 0.3 is 17.9 Å². The van der Waals surface area contributed by atoms with Crippen molar-refractivity contribution in [1.29, 1.82) is 0 Å². The smallest absolute Gasteiger partial charge is 0.306 e. The molecule has 450 valence electrons. The van der Waals surface area contributed by atoms with Gasteiger partial charge < -0.3 is 14.2 Å². The Balaban J connectivity index is 4.29. The lowest BCUT2D eigenvalue weighted by Crippen LogP contribution is -2.30. The van der Waals surface area contributed by atoms with Gasteiger partial charge in [-0.05, 0) is 103 Å². The van der Waals surface area contributed by atoms with Gasteiger partial charge in [0.05, 0.1) is 0 Å². The number of carbonyl (C=O) groups excluding carboxylic acids is 3. The van der Waals surface area contributed by atoms with Crippen LogP contribution >= 0.6 is 0 Å². The molecule has 77 heavy (non-hydrogen) atoms. The van der Waals surface area contributed by atoms with E-state index in [9.17, 15) is 14.4 Å². The third kappa shape index (κ3) is 64.1. The van der Waals surface area contributed by atoms with Crippen molar-refractivity contribution in [2.24, 2.45) is 0 Å². The molecule has 0 amide bonds. The maximum absolute atomic E-state index is 12.9. The van der Waals surface area contributed by atoms with Crippen LogP contribution in [0.15, 0.2) is 48.6 Å². The fraction of sp³-hybridized carbons (Fsp3) is 0.845. The van der Waals surface area contributed by atoms with E-state index in [4.69, 9.17) is 14.2 Å². The van der Waals surface area contributed by atoms with Crippen molar-refractivity contribution in [2.75, 3.05) is 13.2 Å². The summed E-state index contributed by atoms with van der Waals surface area (Å²) in [6.07, 6.45) is 82.7. The number of hydrogen-bond donors (Lipinski definition) is 0. The second kappa shape index (κ2) is 65.9. The Morgan fingerprint density at radius 2 is 0.468 bits per heavy atom. The standard InChI is InChI=1S/C71H130O6/c1-4-7-10-13-16-19-22-25-28-30-32-33-34-35-36-37-39-40-43-46-49-52-55-58-61-64-70(73)76-67-68(66-75-69(72)63-60-57-54-51-48-45-42-27-24-21-18-15-12-9-6-3)77-71(74)65-62-59-56-53-50-47-44-41-38-31-29-26-23-20-17-14-11-8-5-2/h22,25-27,29-30,32,42,68H,4-21,23-24,28,31,33-41,43-67H2,1-3H3/b25-22-,29-26-,32-30-,42-27-. The topological polar surface area (TPSA) is 78.9 Å². The maximum Gasteiger partial charge on any atom is 0.306 e. The summed E-state index contributed by atoms with van der Waals surface area (Å²) < 4.78 is 17.0. The first-order valence-electron chi connectivity index (χ1n) is 34.1.